The number of ether oxygens (including phenoxy) is 1. The molecule has 1 rings (SSSR count). The molecule has 0 aromatic heterocycles. The second-order valence-corrected chi connectivity index (χ2v) is 3.74. The topological polar surface area (TPSA) is 107 Å². The summed E-state index contributed by atoms with van der Waals surface area (Å²) in [5, 5.41) is 2.57. The van der Waals surface area contributed by atoms with Crippen molar-refractivity contribution in [1.29, 1.82) is 0 Å². The largest absolute Gasteiger partial charge is 0.493 e. The number of nitrogens with one attached hydrogen (secondary N) is 1. The maximum Gasteiger partial charge on any atom is 0.223 e. The zero-order chi connectivity index (χ0) is 13.4. The standard InChI is InChI=1S/C12H17N3O3/c13-9-2-1-3-10(8-9)18-7-5-12(17)15-6-4-11(14)16/h1-3,8H,4-7,13H2,(H2,14,16)(H,15,17). The van der Waals surface area contributed by atoms with E-state index in [1.807, 2.05) is 0 Å². The first-order chi connectivity index (χ1) is 8.58. The second kappa shape index (κ2) is 7.16. The number of nitrogens with two attached hydrogens (primary N) is 2. The molecule has 0 aliphatic carbocycles. The van der Waals surface area contributed by atoms with Crippen molar-refractivity contribution in [3.8, 4) is 5.75 Å². The smallest absolute Gasteiger partial charge is 0.223 e. The van der Waals surface area contributed by atoms with Gasteiger partial charge in [-0.05, 0) is 12.1 Å². The van der Waals surface area contributed by atoms with Crippen LogP contribution in [0.15, 0.2) is 24.3 Å². The number of rotatable bonds is 7. The van der Waals surface area contributed by atoms with Crippen LogP contribution in [0.2, 0.25) is 0 Å². The van der Waals surface area contributed by atoms with Crippen LogP contribution in [0.3, 0.4) is 0 Å². The molecule has 0 saturated carbocycles. The lowest BCUT2D eigenvalue weighted by Crippen LogP contribution is -2.28. The fourth-order valence-electron chi connectivity index (χ4n) is 1.28. The van der Waals surface area contributed by atoms with Gasteiger partial charge < -0.3 is 21.5 Å². The number of anilines is 1. The van der Waals surface area contributed by atoms with E-state index >= 15 is 0 Å². The molecule has 0 aliphatic rings. The molecule has 98 valence electrons. The van der Waals surface area contributed by atoms with Gasteiger partial charge in [0.2, 0.25) is 11.8 Å². The number of benzene rings is 1. The molecule has 2 amide bonds. The fourth-order valence-corrected chi connectivity index (χ4v) is 1.28. The van der Waals surface area contributed by atoms with Crippen molar-refractivity contribution >= 4 is 17.5 Å². The Labute approximate surface area is 105 Å². The summed E-state index contributed by atoms with van der Waals surface area (Å²) in [6, 6.07) is 6.98. The van der Waals surface area contributed by atoms with E-state index in [-0.39, 0.29) is 31.9 Å². The molecule has 0 heterocycles. The quantitative estimate of drug-likeness (QED) is 0.594. The second-order valence-electron chi connectivity index (χ2n) is 3.74. The molecule has 0 spiro atoms. The van der Waals surface area contributed by atoms with Crippen LogP contribution in [-0.2, 0) is 9.59 Å². The van der Waals surface area contributed by atoms with Gasteiger partial charge in [0.05, 0.1) is 13.0 Å². The monoisotopic (exact) mass is 251 g/mol. The maximum absolute atomic E-state index is 11.3. The molecular formula is C12H17N3O3. The zero-order valence-electron chi connectivity index (χ0n) is 10.0. The van der Waals surface area contributed by atoms with E-state index in [1.165, 1.54) is 0 Å². The third-order valence-corrected chi connectivity index (χ3v) is 2.15. The van der Waals surface area contributed by atoms with Crippen molar-refractivity contribution in [2.24, 2.45) is 5.73 Å². The first kappa shape index (κ1) is 13.8. The molecule has 6 heteroatoms. The van der Waals surface area contributed by atoms with E-state index in [1.54, 1.807) is 24.3 Å². The number of amides is 2. The first-order valence-electron chi connectivity index (χ1n) is 5.61. The Morgan fingerprint density at radius 3 is 2.72 bits per heavy atom. The zero-order valence-corrected chi connectivity index (χ0v) is 10.0. The van der Waals surface area contributed by atoms with Gasteiger partial charge >= 0.3 is 0 Å². The molecule has 0 atom stereocenters. The van der Waals surface area contributed by atoms with Crippen LogP contribution >= 0.6 is 0 Å². The Balaban J connectivity index is 2.17. The molecule has 1 aromatic rings. The molecule has 0 saturated heterocycles. The number of hydrogen-bond acceptors (Lipinski definition) is 4. The molecule has 0 aliphatic heterocycles. The fraction of sp³-hybridized carbons (Fsp3) is 0.333. The summed E-state index contributed by atoms with van der Waals surface area (Å²) in [5.74, 6) is 0.00593. The third kappa shape index (κ3) is 5.74. The van der Waals surface area contributed by atoms with Crippen LogP contribution in [0.25, 0.3) is 0 Å². The Bertz CT molecular complexity index is 421. The summed E-state index contributed by atoms with van der Waals surface area (Å²) in [6.07, 6.45) is 0.357. The Morgan fingerprint density at radius 2 is 2.06 bits per heavy atom. The summed E-state index contributed by atoms with van der Waals surface area (Å²) in [4.78, 5) is 21.8. The van der Waals surface area contributed by atoms with E-state index in [0.29, 0.717) is 11.4 Å². The predicted octanol–water partition coefficient (Wildman–Crippen LogP) is 0.0293. The van der Waals surface area contributed by atoms with E-state index in [4.69, 9.17) is 16.2 Å². The molecule has 0 unspecified atom stereocenters. The highest BCUT2D eigenvalue weighted by Gasteiger charge is 2.02. The lowest BCUT2D eigenvalue weighted by atomic mass is 10.3. The van der Waals surface area contributed by atoms with Gasteiger partial charge in [-0.1, -0.05) is 6.07 Å². The van der Waals surface area contributed by atoms with Crippen LogP contribution in [-0.4, -0.2) is 25.0 Å². The number of nitrogen functional groups attached to an aromatic ring is 1. The van der Waals surface area contributed by atoms with Crippen molar-refractivity contribution < 1.29 is 14.3 Å². The van der Waals surface area contributed by atoms with Crippen LogP contribution in [0.4, 0.5) is 5.69 Å². The highest BCUT2D eigenvalue weighted by Crippen LogP contribution is 2.14. The summed E-state index contributed by atoms with van der Waals surface area (Å²) in [7, 11) is 0. The molecule has 5 N–H and O–H groups in total. The van der Waals surface area contributed by atoms with Crippen molar-refractivity contribution in [3.05, 3.63) is 24.3 Å². The summed E-state index contributed by atoms with van der Waals surface area (Å²) in [5.41, 5.74) is 11.1. The Hall–Kier alpha value is -2.24. The lowest BCUT2D eigenvalue weighted by molar-refractivity contribution is -0.121. The van der Waals surface area contributed by atoms with Crippen molar-refractivity contribution in [2.75, 3.05) is 18.9 Å². The van der Waals surface area contributed by atoms with Gasteiger partial charge in [-0.15, -0.1) is 0 Å². The van der Waals surface area contributed by atoms with E-state index in [2.05, 4.69) is 5.32 Å². The van der Waals surface area contributed by atoms with Gasteiger partial charge in [0.15, 0.2) is 0 Å². The van der Waals surface area contributed by atoms with Gasteiger partial charge in [-0.2, -0.15) is 0 Å². The maximum atomic E-state index is 11.3. The summed E-state index contributed by atoms with van der Waals surface area (Å²) in [6.45, 7) is 0.512. The third-order valence-electron chi connectivity index (χ3n) is 2.15. The van der Waals surface area contributed by atoms with Gasteiger partial charge in [0.25, 0.3) is 0 Å². The van der Waals surface area contributed by atoms with Crippen LogP contribution in [0.5, 0.6) is 5.75 Å². The normalized spacial score (nSPS) is 9.78. The highest BCUT2D eigenvalue weighted by molar-refractivity contribution is 5.78. The van der Waals surface area contributed by atoms with Gasteiger partial charge in [0, 0.05) is 24.7 Å². The SMILES string of the molecule is NC(=O)CCNC(=O)CCOc1cccc(N)c1. The van der Waals surface area contributed by atoms with Crippen LogP contribution in [0, 0.1) is 0 Å². The van der Waals surface area contributed by atoms with Crippen molar-refractivity contribution in [1.82, 2.24) is 5.32 Å². The number of primary amides is 1. The van der Waals surface area contributed by atoms with Crippen molar-refractivity contribution in [3.63, 3.8) is 0 Å². The molecular weight excluding hydrogens is 234 g/mol. The number of hydrogen-bond donors (Lipinski definition) is 3. The van der Waals surface area contributed by atoms with Gasteiger partial charge in [-0.25, -0.2) is 0 Å². The average molecular weight is 251 g/mol. The first-order valence-corrected chi connectivity index (χ1v) is 5.61. The lowest BCUT2D eigenvalue weighted by Gasteiger charge is -2.07. The van der Waals surface area contributed by atoms with Crippen molar-refractivity contribution in [2.45, 2.75) is 12.8 Å². The molecule has 0 bridgehead atoms. The van der Waals surface area contributed by atoms with Crippen LogP contribution in [0.1, 0.15) is 12.8 Å². The number of carbonyl (C=O) groups excluding carboxylic acids is 2. The molecule has 0 fully saturated rings. The minimum absolute atomic E-state index is 0.141. The molecule has 1 aromatic carbocycles. The van der Waals surface area contributed by atoms with Gasteiger partial charge in [-0.3, -0.25) is 9.59 Å². The van der Waals surface area contributed by atoms with E-state index in [0.717, 1.165) is 0 Å². The highest BCUT2D eigenvalue weighted by atomic mass is 16.5. The molecule has 0 radical (unpaired) electrons. The Morgan fingerprint density at radius 1 is 1.28 bits per heavy atom. The molecule has 6 nitrogen and oxygen atoms in total. The summed E-state index contributed by atoms with van der Waals surface area (Å²) < 4.78 is 5.35. The van der Waals surface area contributed by atoms with E-state index in [9.17, 15) is 9.59 Å². The minimum Gasteiger partial charge on any atom is -0.493 e. The Kier molecular flexibility index (Phi) is 5.50. The average Bonchev–Trinajstić information content (AvgIpc) is 2.28. The summed E-state index contributed by atoms with van der Waals surface area (Å²) >= 11 is 0. The molecule has 18 heavy (non-hydrogen) atoms. The van der Waals surface area contributed by atoms with Gasteiger partial charge in [0.1, 0.15) is 5.75 Å². The minimum atomic E-state index is -0.439. The van der Waals surface area contributed by atoms with E-state index < -0.39 is 5.91 Å². The van der Waals surface area contributed by atoms with Crippen LogP contribution < -0.4 is 21.5 Å². The predicted molar refractivity (Wildman–Crippen MR) is 67.8 cm³/mol. The number of carbonyl (C=O) groups is 2.